The molecular formula is C35H34IrN2SSi-2. The van der Waals surface area contributed by atoms with Gasteiger partial charge in [-0.1, -0.05) is 80.5 Å². The number of rotatable bonds is 4. The minimum atomic E-state index is -1.40. The van der Waals surface area contributed by atoms with E-state index in [0.717, 1.165) is 22.5 Å². The summed E-state index contributed by atoms with van der Waals surface area (Å²) >= 11 is 1.87. The number of benzene rings is 3. The zero-order valence-corrected chi connectivity index (χ0v) is 28.1. The Morgan fingerprint density at radius 2 is 1.55 bits per heavy atom. The van der Waals surface area contributed by atoms with Crippen LogP contribution < -0.4 is 5.19 Å². The summed E-state index contributed by atoms with van der Waals surface area (Å²) in [7, 11) is -1.40. The second kappa shape index (κ2) is 12.7. The van der Waals surface area contributed by atoms with E-state index in [2.05, 4.69) is 111 Å². The van der Waals surface area contributed by atoms with Crippen LogP contribution >= 0.6 is 11.3 Å². The Hall–Kier alpha value is -2.95. The minimum Gasteiger partial charge on any atom is -0.304 e. The molecule has 0 saturated heterocycles. The van der Waals surface area contributed by atoms with E-state index in [9.17, 15) is 0 Å². The Kier molecular flexibility index (Phi) is 9.53. The van der Waals surface area contributed by atoms with Crippen molar-refractivity contribution in [2.24, 2.45) is 0 Å². The van der Waals surface area contributed by atoms with Gasteiger partial charge in [-0.3, -0.25) is 0 Å². The quantitative estimate of drug-likeness (QED) is 0.133. The van der Waals surface area contributed by atoms with Gasteiger partial charge in [-0.2, -0.15) is 11.3 Å². The summed E-state index contributed by atoms with van der Waals surface area (Å²) in [5.41, 5.74) is 6.62. The van der Waals surface area contributed by atoms with Crippen molar-refractivity contribution >= 4 is 44.8 Å². The summed E-state index contributed by atoms with van der Waals surface area (Å²) in [4.78, 5) is 9.06. The molecule has 0 aliphatic heterocycles. The fourth-order valence-corrected chi connectivity index (χ4v) is 7.62. The molecule has 3 aromatic heterocycles. The largest absolute Gasteiger partial charge is 0.304 e. The normalized spacial score (nSPS) is 11.3. The van der Waals surface area contributed by atoms with E-state index in [1.165, 1.54) is 31.3 Å². The van der Waals surface area contributed by atoms with Crippen molar-refractivity contribution in [3.63, 3.8) is 0 Å². The van der Waals surface area contributed by atoms with Crippen molar-refractivity contribution in [3.8, 4) is 22.5 Å². The van der Waals surface area contributed by atoms with Gasteiger partial charge in [0.05, 0.1) is 8.07 Å². The Bertz CT molecular complexity index is 1700. The average Bonchev–Trinajstić information content (AvgIpc) is 3.33. The topological polar surface area (TPSA) is 25.8 Å². The van der Waals surface area contributed by atoms with Gasteiger partial charge in [0.15, 0.2) is 0 Å². The van der Waals surface area contributed by atoms with Crippen LogP contribution in [0.2, 0.25) is 19.6 Å². The molecule has 0 aliphatic rings. The first kappa shape index (κ1) is 30.0. The van der Waals surface area contributed by atoms with Crippen molar-refractivity contribution in [2.75, 3.05) is 0 Å². The van der Waals surface area contributed by atoms with E-state index in [1.54, 1.807) is 5.19 Å². The van der Waals surface area contributed by atoms with Crippen LogP contribution in [0, 0.1) is 19.1 Å². The van der Waals surface area contributed by atoms with Gasteiger partial charge in [0.25, 0.3) is 0 Å². The first-order valence-corrected chi connectivity index (χ1v) is 17.8. The van der Waals surface area contributed by atoms with Crippen molar-refractivity contribution in [3.05, 3.63) is 115 Å². The maximum Gasteiger partial charge on any atom is 0.0783 e. The van der Waals surface area contributed by atoms with Crippen LogP contribution in [0.4, 0.5) is 0 Å². The number of aryl methyl sites for hydroxylation is 1. The van der Waals surface area contributed by atoms with Crippen LogP contribution in [-0.4, -0.2) is 18.0 Å². The number of aromatic nitrogens is 2. The maximum absolute atomic E-state index is 4.62. The summed E-state index contributed by atoms with van der Waals surface area (Å²) in [6, 6.07) is 34.0. The summed E-state index contributed by atoms with van der Waals surface area (Å²) in [5, 5.41) is 4.34. The molecule has 0 aliphatic carbocycles. The molecule has 40 heavy (non-hydrogen) atoms. The smallest absolute Gasteiger partial charge is 0.0783 e. The molecule has 1 radical (unpaired) electrons. The van der Waals surface area contributed by atoms with Crippen molar-refractivity contribution in [2.45, 2.75) is 46.3 Å². The van der Waals surface area contributed by atoms with Crippen molar-refractivity contribution in [1.29, 1.82) is 0 Å². The van der Waals surface area contributed by atoms with Gasteiger partial charge in [-0.25, -0.2) is 0 Å². The van der Waals surface area contributed by atoms with Crippen LogP contribution in [0.5, 0.6) is 0 Å². The number of fused-ring (bicyclic) bond motifs is 3. The first-order chi connectivity index (χ1) is 18.7. The molecule has 3 heterocycles. The third-order valence-electron chi connectivity index (χ3n) is 6.87. The molecule has 5 heteroatoms. The third-order valence-corrected chi connectivity index (χ3v) is 10.1. The van der Waals surface area contributed by atoms with Gasteiger partial charge in [-0.05, 0) is 51.5 Å². The molecule has 0 bridgehead atoms. The molecule has 0 N–H and O–H groups in total. The third kappa shape index (κ3) is 6.50. The van der Waals surface area contributed by atoms with Gasteiger partial charge in [-0.15, -0.1) is 59.7 Å². The van der Waals surface area contributed by atoms with E-state index >= 15 is 0 Å². The number of pyridine rings is 2. The van der Waals surface area contributed by atoms with E-state index in [1.807, 2.05) is 54.1 Å². The van der Waals surface area contributed by atoms with Gasteiger partial charge in [0.1, 0.15) is 0 Å². The zero-order valence-electron chi connectivity index (χ0n) is 23.9. The Labute approximate surface area is 256 Å². The monoisotopic (exact) mass is 735 g/mol. The molecule has 6 aromatic rings. The molecule has 0 atom stereocenters. The fraction of sp³-hybridized carbons (Fsp3) is 0.200. The second-order valence-corrected chi connectivity index (χ2v) is 17.3. The van der Waals surface area contributed by atoms with Crippen LogP contribution in [0.3, 0.4) is 0 Å². The number of hydrogen-bond acceptors (Lipinski definition) is 3. The molecule has 2 nitrogen and oxygen atoms in total. The van der Waals surface area contributed by atoms with E-state index < -0.39 is 8.07 Å². The van der Waals surface area contributed by atoms with Crippen LogP contribution in [0.1, 0.15) is 30.9 Å². The molecule has 6 rings (SSSR count). The standard InChI is InChI=1S/C21H20NSSi.C14H14N.Ir/c1-14-11-12-17(22-13-14)15-7-5-8-16-20-18(23-21(15)16)9-6-10-19(20)24(2,3)4;1-11(2)13-8-9-14(15-10-13)12-6-4-3-5-7-12;/h5-6,8-13H,1-4H3;3-6,8-11H,1-2H3;/q2*-1;. The summed E-state index contributed by atoms with van der Waals surface area (Å²) < 4.78 is 2.67. The number of nitrogens with zero attached hydrogens (tertiary/aromatic N) is 2. The molecule has 3 aromatic carbocycles. The molecule has 0 spiro atoms. The zero-order chi connectivity index (χ0) is 27.6. The van der Waals surface area contributed by atoms with Crippen LogP contribution in [0.25, 0.3) is 42.7 Å². The molecule has 0 saturated carbocycles. The second-order valence-electron chi connectivity index (χ2n) is 11.3. The molecule has 0 amide bonds. The molecule has 205 valence electrons. The van der Waals surface area contributed by atoms with Crippen molar-refractivity contribution in [1.82, 2.24) is 9.97 Å². The molecule has 0 fully saturated rings. The van der Waals surface area contributed by atoms with Crippen LogP contribution in [-0.2, 0) is 20.1 Å². The number of hydrogen-bond donors (Lipinski definition) is 0. The van der Waals surface area contributed by atoms with Gasteiger partial charge in [0, 0.05) is 37.2 Å². The molecule has 0 unspecified atom stereocenters. The maximum atomic E-state index is 4.62. The Morgan fingerprint density at radius 1 is 0.775 bits per heavy atom. The predicted molar refractivity (Wildman–Crippen MR) is 172 cm³/mol. The predicted octanol–water partition coefficient (Wildman–Crippen LogP) is 9.44. The Morgan fingerprint density at radius 3 is 2.17 bits per heavy atom. The summed E-state index contributed by atoms with van der Waals surface area (Å²) in [6.45, 7) is 13.7. The van der Waals surface area contributed by atoms with Gasteiger partial charge < -0.3 is 9.97 Å². The van der Waals surface area contributed by atoms with E-state index in [0.29, 0.717) is 5.92 Å². The van der Waals surface area contributed by atoms with Gasteiger partial charge in [0.2, 0.25) is 0 Å². The van der Waals surface area contributed by atoms with Gasteiger partial charge >= 0.3 is 0 Å². The minimum absolute atomic E-state index is 0. The van der Waals surface area contributed by atoms with E-state index in [-0.39, 0.29) is 20.1 Å². The van der Waals surface area contributed by atoms with Crippen LogP contribution in [0.15, 0.2) is 91.3 Å². The summed E-state index contributed by atoms with van der Waals surface area (Å²) in [5.74, 6) is 0.534. The first-order valence-electron chi connectivity index (χ1n) is 13.4. The molecular weight excluding hydrogens is 701 g/mol. The average molecular weight is 735 g/mol. The van der Waals surface area contributed by atoms with E-state index in [4.69, 9.17) is 0 Å². The summed E-state index contributed by atoms with van der Waals surface area (Å²) in [6.07, 6.45) is 3.88. The fourth-order valence-electron chi connectivity index (χ4n) is 4.68. The number of thiophene rings is 1. The van der Waals surface area contributed by atoms with Crippen molar-refractivity contribution < 1.29 is 20.1 Å². The Balaban J connectivity index is 0.000000200. The SMILES string of the molecule is CC(C)c1ccc(-c2[c-]cccc2)nc1.Cc1ccc(-c2[c-]ccc3c2sc2cccc([Si](C)(C)C)c23)nc1.[Ir].